The van der Waals surface area contributed by atoms with Gasteiger partial charge in [-0.25, -0.2) is 4.98 Å². The Bertz CT molecular complexity index is 927. The van der Waals surface area contributed by atoms with E-state index < -0.39 is 12.1 Å². The second-order valence-electron chi connectivity index (χ2n) is 6.71. The molecular weight excluding hydrogens is 371 g/mol. The Balaban J connectivity index is 1.59. The van der Waals surface area contributed by atoms with Crippen LogP contribution in [0.2, 0.25) is 0 Å². The van der Waals surface area contributed by atoms with Crippen molar-refractivity contribution in [1.29, 1.82) is 0 Å². The summed E-state index contributed by atoms with van der Waals surface area (Å²) in [5.41, 5.74) is 1.56. The van der Waals surface area contributed by atoms with Crippen molar-refractivity contribution in [3.8, 4) is 11.4 Å². The van der Waals surface area contributed by atoms with Crippen LogP contribution in [-0.2, 0) is 6.18 Å². The van der Waals surface area contributed by atoms with Gasteiger partial charge in [-0.2, -0.15) is 18.2 Å². The first-order chi connectivity index (χ1) is 13.4. The largest absolute Gasteiger partial charge is 0.471 e. The molecule has 1 aliphatic rings. The van der Waals surface area contributed by atoms with Crippen molar-refractivity contribution < 1.29 is 17.7 Å². The third-order valence-corrected chi connectivity index (χ3v) is 4.74. The zero-order chi connectivity index (χ0) is 19.7. The van der Waals surface area contributed by atoms with Gasteiger partial charge in [0.25, 0.3) is 0 Å². The van der Waals surface area contributed by atoms with Gasteiger partial charge in [-0.1, -0.05) is 35.5 Å². The van der Waals surface area contributed by atoms with Gasteiger partial charge in [0.2, 0.25) is 5.82 Å². The molecule has 1 aliphatic heterocycles. The summed E-state index contributed by atoms with van der Waals surface area (Å²) in [7, 11) is 2.08. The molecule has 0 amide bonds. The Hall–Kier alpha value is -2.94. The third kappa shape index (κ3) is 3.70. The maximum absolute atomic E-state index is 12.6. The van der Waals surface area contributed by atoms with Gasteiger partial charge in [-0.3, -0.25) is 0 Å². The smallest absolute Gasteiger partial charge is 0.347 e. The van der Waals surface area contributed by atoms with Crippen LogP contribution in [0.5, 0.6) is 0 Å². The molecular formula is C19H18F3N5O. The van der Waals surface area contributed by atoms with E-state index in [2.05, 4.69) is 48.6 Å². The number of likely N-dealkylation sites (N-methyl/N-ethyl adjacent to an activating group) is 1. The highest BCUT2D eigenvalue weighted by molar-refractivity contribution is 5.56. The number of alkyl halides is 3. The zero-order valence-electron chi connectivity index (χ0n) is 15.1. The topological polar surface area (TPSA) is 58.3 Å². The van der Waals surface area contributed by atoms with E-state index in [1.54, 1.807) is 12.1 Å². The average Bonchev–Trinajstić information content (AvgIpc) is 3.20. The number of rotatable bonds is 3. The fourth-order valence-corrected chi connectivity index (χ4v) is 3.30. The van der Waals surface area contributed by atoms with Gasteiger partial charge < -0.3 is 14.3 Å². The summed E-state index contributed by atoms with van der Waals surface area (Å²) in [6.45, 7) is 2.54. The van der Waals surface area contributed by atoms with Gasteiger partial charge in [-0.05, 0) is 24.7 Å². The standard InChI is InChI=1S/C19H18F3N5O/c1-26-9-10-27(15(12-26)13-5-3-2-4-6-13)16-8-7-14(11-23-16)17-24-18(28-25-17)19(20,21)22/h2-8,11,15H,9-10,12H2,1H3/t15-/m1/s1. The first kappa shape index (κ1) is 18.4. The fraction of sp³-hybridized carbons (Fsp3) is 0.316. The normalized spacial score (nSPS) is 18.4. The number of piperazine rings is 1. The Morgan fingerprint density at radius 3 is 2.50 bits per heavy atom. The van der Waals surface area contributed by atoms with Crippen molar-refractivity contribution in [3.05, 3.63) is 60.1 Å². The zero-order valence-corrected chi connectivity index (χ0v) is 15.1. The van der Waals surface area contributed by atoms with Crippen LogP contribution in [-0.4, -0.2) is 46.7 Å². The average molecular weight is 389 g/mol. The van der Waals surface area contributed by atoms with E-state index in [-0.39, 0.29) is 11.9 Å². The monoisotopic (exact) mass is 389 g/mol. The number of hydrogen-bond acceptors (Lipinski definition) is 6. The summed E-state index contributed by atoms with van der Waals surface area (Å²) < 4.78 is 42.2. The summed E-state index contributed by atoms with van der Waals surface area (Å²) in [5, 5.41) is 3.40. The molecule has 3 aromatic rings. The molecule has 9 heteroatoms. The van der Waals surface area contributed by atoms with Crippen LogP contribution in [0, 0.1) is 0 Å². The minimum atomic E-state index is -4.67. The van der Waals surface area contributed by atoms with Gasteiger partial charge in [0.15, 0.2) is 0 Å². The highest BCUT2D eigenvalue weighted by atomic mass is 19.4. The molecule has 146 valence electrons. The lowest BCUT2D eigenvalue weighted by Crippen LogP contribution is -2.47. The molecule has 0 saturated carbocycles. The van der Waals surface area contributed by atoms with Crippen molar-refractivity contribution >= 4 is 5.82 Å². The van der Waals surface area contributed by atoms with Crippen molar-refractivity contribution in [3.63, 3.8) is 0 Å². The molecule has 28 heavy (non-hydrogen) atoms. The molecule has 2 aromatic heterocycles. The van der Waals surface area contributed by atoms with Crippen LogP contribution < -0.4 is 4.90 Å². The minimum absolute atomic E-state index is 0.135. The Labute approximate surface area is 159 Å². The number of pyridine rings is 1. The summed E-state index contributed by atoms with van der Waals surface area (Å²) >= 11 is 0. The van der Waals surface area contributed by atoms with Crippen molar-refractivity contribution in [2.45, 2.75) is 12.2 Å². The fourth-order valence-electron chi connectivity index (χ4n) is 3.30. The maximum Gasteiger partial charge on any atom is 0.471 e. The predicted molar refractivity (Wildman–Crippen MR) is 96.6 cm³/mol. The second kappa shape index (κ2) is 7.23. The second-order valence-corrected chi connectivity index (χ2v) is 6.71. The maximum atomic E-state index is 12.6. The Morgan fingerprint density at radius 1 is 1.07 bits per heavy atom. The molecule has 0 radical (unpaired) electrons. The van der Waals surface area contributed by atoms with Crippen LogP contribution in [0.4, 0.5) is 19.0 Å². The van der Waals surface area contributed by atoms with Crippen LogP contribution >= 0.6 is 0 Å². The van der Waals surface area contributed by atoms with Gasteiger partial charge >= 0.3 is 12.1 Å². The number of benzene rings is 1. The van der Waals surface area contributed by atoms with E-state index >= 15 is 0 Å². The van der Waals surface area contributed by atoms with Crippen molar-refractivity contribution in [1.82, 2.24) is 20.0 Å². The number of halogens is 3. The van der Waals surface area contributed by atoms with Gasteiger partial charge in [0.1, 0.15) is 5.82 Å². The van der Waals surface area contributed by atoms with E-state index in [0.29, 0.717) is 5.56 Å². The molecule has 4 rings (SSSR count). The highest BCUT2D eigenvalue weighted by Crippen LogP contribution is 2.31. The SMILES string of the molecule is CN1CCN(c2ccc(-c3noc(C(F)(F)F)n3)cn2)[C@@H](c2ccccc2)C1. The lowest BCUT2D eigenvalue weighted by molar-refractivity contribution is -0.159. The van der Waals surface area contributed by atoms with E-state index in [1.807, 2.05) is 18.2 Å². The van der Waals surface area contributed by atoms with E-state index in [1.165, 1.54) is 11.8 Å². The number of aromatic nitrogens is 3. The molecule has 0 aliphatic carbocycles. The van der Waals surface area contributed by atoms with Crippen molar-refractivity contribution in [2.24, 2.45) is 0 Å². The molecule has 0 N–H and O–H groups in total. The molecule has 3 heterocycles. The first-order valence-electron chi connectivity index (χ1n) is 8.79. The van der Waals surface area contributed by atoms with Crippen LogP contribution in [0.15, 0.2) is 53.2 Å². The van der Waals surface area contributed by atoms with Gasteiger partial charge in [-0.15, -0.1) is 0 Å². The summed E-state index contributed by atoms with van der Waals surface area (Å²) in [6.07, 6.45) is -3.19. The highest BCUT2D eigenvalue weighted by Gasteiger charge is 2.38. The van der Waals surface area contributed by atoms with Crippen LogP contribution in [0.1, 0.15) is 17.5 Å². The third-order valence-electron chi connectivity index (χ3n) is 4.74. The predicted octanol–water partition coefficient (Wildman–Crippen LogP) is 3.64. The summed E-state index contributed by atoms with van der Waals surface area (Å²) in [5.74, 6) is -0.746. The molecule has 0 unspecified atom stereocenters. The molecule has 1 aromatic carbocycles. The van der Waals surface area contributed by atoms with Crippen molar-refractivity contribution in [2.75, 3.05) is 31.6 Å². The Kier molecular flexibility index (Phi) is 4.76. The molecule has 0 bridgehead atoms. The Morgan fingerprint density at radius 2 is 1.86 bits per heavy atom. The number of hydrogen-bond donors (Lipinski definition) is 0. The molecule has 1 saturated heterocycles. The molecule has 1 fully saturated rings. The van der Waals surface area contributed by atoms with E-state index in [9.17, 15) is 13.2 Å². The minimum Gasteiger partial charge on any atom is -0.347 e. The first-order valence-corrected chi connectivity index (χ1v) is 8.79. The summed E-state index contributed by atoms with van der Waals surface area (Å²) in [4.78, 5) is 12.3. The lowest BCUT2D eigenvalue weighted by Gasteiger charge is -2.41. The summed E-state index contributed by atoms with van der Waals surface area (Å²) in [6, 6.07) is 13.7. The van der Waals surface area contributed by atoms with Crippen LogP contribution in [0.25, 0.3) is 11.4 Å². The van der Waals surface area contributed by atoms with Gasteiger partial charge in [0, 0.05) is 31.4 Å². The van der Waals surface area contributed by atoms with E-state index in [0.717, 1.165) is 25.5 Å². The number of nitrogens with zero attached hydrogens (tertiary/aromatic N) is 5. The molecule has 6 nitrogen and oxygen atoms in total. The van der Waals surface area contributed by atoms with Gasteiger partial charge in [0.05, 0.1) is 6.04 Å². The molecule has 0 spiro atoms. The quantitative estimate of drug-likeness (QED) is 0.682. The number of anilines is 1. The molecule has 1 atom stereocenters. The van der Waals surface area contributed by atoms with E-state index in [4.69, 9.17) is 0 Å². The lowest BCUT2D eigenvalue weighted by atomic mass is 10.0. The van der Waals surface area contributed by atoms with Crippen LogP contribution in [0.3, 0.4) is 0 Å².